The van der Waals surface area contributed by atoms with Gasteiger partial charge < -0.3 is 11.1 Å². The number of rotatable bonds is 4. The first-order valence-corrected chi connectivity index (χ1v) is 4.95. The van der Waals surface area contributed by atoms with Crippen molar-refractivity contribution in [2.24, 2.45) is 5.73 Å². The van der Waals surface area contributed by atoms with Gasteiger partial charge in [0.2, 0.25) is 5.91 Å². The Balaban J connectivity index is 2.60. The molecule has 0 aliphatic carbocycles. The summed E-state index contributed by atoms with van der Waals surface area (Å²) >= 11 is 0. The number of carbonyl (C=O) groups is 1. The van der Waals surface area contributed by atoms with Crippen molar-refractivity contribution in [3.63, 3.8) is 0 Å². The fourth-order valence-corrected chi connectivity index (χ4v) is 1.32. The van der Waals surface area contributed by atoms with Gasteiger partial charge in [-0.2, -0.15) is 0 Å². The van der Waals surface area contributed by atoms with E-state index in [1.165, 1.54) is 6.08 Å². The first kappa shape index (κ1) is 11.5. The fraction of sp³-hybridized carbons (Fsp3) is 0.250. The van der Waals surface area contributed by atoms with Gasteiger partial charge in [0.15, 0.2) is 0 Å². The fourth-order valence-electron chi connectivity index (χ4n) is 1.32. The summed E-state index contributed by atoms with van der Waals surface area (Å²) in [6, 6.07) is 7.82. The second-order valence-corrected chi connectivity index (χ2v) is 3.19. The second-order valence-electron chi connectivity index (χ2n) is 3.19. The van der Waals surface area contributed by atoms with E-state index in [0.29, 0.717) is 13.1 Å². The molecule has 80 valence electrons. The highest BCUT2D eigenvalue weighted by Gasteiger charge is 2.00. The standard InChI is InChI=1S/C12H16N2O/c1-2-5-12(15)14-9-11-7-4-3-6-10(11)8-13/h2-7H,8-9,13H2,1H3,(H,14,15). The van der Waals surface area contributed by atoms with Crippen molar-refractivity contribution in [2.45, 2.75) is 20.0 Å². The Labute approximate surface area is 90.0 Å². The Hall–Kier alpha value is -1.61. The van der Waals surface area contributed by atoms with Crippen LogP contribution in [0, 0.1) is 0 Å². The maximum atomic E-state index is 11.2. The number of hydrogen-bond donors (Lipinski definition) is 2. The molecule has 0 saturated carbocycles. The number of benzene rings is 1. The molecule has 1 aromatic rings. The van der Waals surface area contributed by atoms with Gasteiger partial charge in [-0.05, 0) is 24.1 Å². The lowest BCUT2D eigenvalue weighted by atomic mass is 10.1. The van der Waals surface area contributed by atoms with Crippen LogP contribution in [-0.4, -0.2) is 5.91 Å². The van der Waals surface area contributed by atoms with Crippen molar-refractivity contribution in [3.8, 4) is 0 Å². The summed E-state index contributed by atoms with van der Waals surface area (Å²) in [7, 11) is 0. The van der Waals surface area contributed by atoms with Gasteiger partial charge in [-0.15, -0.1) is 0 Å². The minimum Gasteiger partial charge on any atom is -0.348 e. The predicted octanol–water partition coefficient (Wildman–Crippen LogP) is 1.34. The zero-order valence-corrected chi connectivity index (χ0v) is 8.86. The molecule has 1 aromatic carbocycles. The molecular weight excluding hydrogens is 188 g/mol. The molecule has 0 radical (unpaired) electrons. The number of nitrogens with one attached hydrogen (secondary N) is 1. The lowest BCUT2D eigenvalue weighted by Crippen LogP contribution is -2.21. The Bertz CT molecular complexity index is 358. The van der Waals surface area contributed by atoms with Crippen LogP contribution in [0.3, 0.4) is 0 Å². The highest BCUT2D eigenvalue weighted by Crippen LogP contribution is 2.07. The van der Waals surface area contributed by atoms with E-state index in [4.69, 9.17) is 5.73 Å². The lowest BCUT2D eigenvalue weighted by molar-refractivity contribution is -0.116. The third-order valence-electron chi connectivity index (χ3n) is 2.11. The zero-order chi connectivity index (χ0) is 11.1. The van der Waals surface area contributed by atoms with Gasteiger partial charge in [0.05, 0.1) is 0 Å². The Kier molecular flexibility index (Phi) is 4.57. The summed E-state index contributed by atoms with van der Waals surface area (Å²) < 4.78 is 0. The van der Waals surface area contributed by atoms with Gasteiger partial charge in [0.1, 0.15) is 0 Å². The largest absolute Gasteiger partial charge is 0.348 e. The lowest BCUT2D eigenvalue weighted by Gasteiger charge is -2.07. The molecule has 0 aliphatic heterocycles. The second kappa shape index (κ2) is 5.98. The normalized spacial score (nSPS) is 10.5. The summed E-state index contributed by atoms with van der Waals surface area (Å²) in [6.07, 6.45) is 3.22. The summed E-state index contributed by atoms with van der Waals surface area (Å²) in [5, 5.41) is 2.79. The summed E-state index contributed by atoms with van der Waals surface area (Å²) in [6.45, 7) is 2.83. The third-order valence-corrected chi connectivity index (χ3v) is 2.11. The number of hydrogen-bond acceptors (Lipinski definition) is 2. The number of amides is 1. The maximum absolute atomic E-state index is 11.2. The van der Waals surface area contributed by atoms with E-state index in [-0.39, 0.29) is 5.91 Å². The van der Waals surface area contributed by atoms with Crippen LogP contribution in [0.1, 0.15) is 18.1 Å². The number of allylic oxidation sites excluding steroid dienone is 1. The van der Waals surface area contributed by atoms with Crippen LogP contribution in [0.5, 0.6) is 0 Å². The van der Waals surface area contributed by atoms with Crippen LogP contribution in [0.15, 0.2) is 36.4 Å². The molecule has 0 heterocycles. The molecule has 1 rings (SSSR count). The first-order valence-electron chi connectivity index (χ1n) is 4.95. The van der Waals surface area contributed by atoms with Gasteiger partial charge in [-0.25, -0.2) is 0 Å². The van der Waals surface area contributed by atoms with Crippen LogP contribution in [0.25, 0.3) is 0 Å². The monoisotopic (exact) mass is 204 g/mol. The van der Waals surface area contributed by atoms with Gasteiger partial charge in [-0.1, -0.05) is 30.3 Å². The Morgan fingerprint density at radius 2 is 2.07 bits per heavy atom. The smallest absolute Gasteiger partial charge is 0.243 e. The molecule has 0 aliphatic rings. The topological polar surface area (TPSA) is 55.1 Å². The molecule has 3 N–H and O–H groups in total. The van der Waals surface area contributed by atoms with Crippen molar-refractivity contribution in [1.29, 1.82) is 0 Å². The molecule has 0 saturated heterocycles. The zero-order valence-electron chi connectivity index (χ0n) is 8.86. The molecule has 3 nitrogen and oxygen atoms in total. The highest BCUT2D eigenvalue weighted by molar-refractivity contribution is 5.87. The van der Waals surface area contributed by atoms with Gasteiger partial charge in [0, 0.05) is 13.1 Å². The van der Waals surface area contributed by atoms with Crippen LogP contribution < -0.4 is 11.1 Å². The molecule has 0 fully saturated rings. The minimum absolute atomic E-state index is 0.0793. The van der Waals surface area contributed by atoms with Crippen LogP contribution in [0.4, 0.5) is 0 Å². The average molecular weight is 204 g/mol. The van der Waals surface area contributed by atoms with Crippen LogP contribution in [0.2, 0.25) is 0 Å². The van der Waals surface area contributed by atoms with E-state index in [2.05, 4.69) is 5.32 Å². The van der Waals surface area contributed by atoms with E-state index < -0.39 is 0 Å². The van der Waals surface area contributed by atoms with Crippen molar-refractivity contribution >= 4 is 5.91 Å². The molecule has 0 unspecified atom stereocenters. The SMILES string of the molecule is CC=CC(=O)NCc1ccccc1CN. The van der Waals surface area contributed by atoms with Crippen molar-refractivity contribution in [2.75, 3.05) is 0 Å². The first-order chi connectivity index (χ1) is 7.27. The van der Waals surface area contributed by atoms with Gasteiger partial charge >= 0.3 is 0 Å². The Morgan fingerprint density at radius 1 is 1.40 bits per heavy atom. The molecule has 3 heteroatoms. The highest BCUT2D eigenvalue weighted by atomic mass is 16.1. The van der Waals surface area contributed by atoms with E-state index >= 15 is 0 Å². The number of carbonyl (C=O) groups excluding carboxylic acids is 1. The van der Waals surface area contributed by atoms with Crippen LogP contribution in [-0.2, 0) is 17.9 Å². The summed E-state index contributed by atoms with van der Waals surface area (Å²) in [5.41, 5.74) is 7.72. The molecule has 0 aromatic heterocycles. The Morgan fingerprint density at radius 3 is 2.67 bits per heavy atom. The van der Waals surface area contributed by atoms with Crippen molar-refractivity contribution < 1.29 is 4.79 Å². The molecule has 0 atom stereocenters. The van der Waals surface area contributed by atoms with E-state index in [9.17, 15) is 4.79 Å². The summed E-state index contributed by atoms with van der Waals surface area (Å²) in [5.74, 6) is -0.0793. The minimum atomic E-state index is -0.0793. The molecule has 15 heavy (non-hydrogen) atoms. The molecule has 0 spiro atoms. The van der Waals surface area contributed by atoms with E-state index in [1.807, 2.05) is 31.2 Å². The van der Waals surface area contributed by atoms with Gasteiger partial charge in [-0.3, -0.25) is 4.79 Å². The van der Waals surface area contributed by atoms with Crippen molar-refractivity contribution in [3.05, 3.63) is 47.5 Å². The molecule has 0 bridgehead atoms. The van der Waals surface area contributed by atoms with Crippen LogP contribution >= 0.6 is 0 Å². The van der Waals surface area contributed by atoms with E-state index in [1.54, 1.807) is 6.08 Å². The number of nitrogens with two attached hydrogens (primary N) is 1. The maximum Gasteiger partial charge on any atom is 0.243 e. The average Bonchev–Trinajstić information content (AvgIpc) is 2.27. The predicted molar refractivity (Wildman–Crippen MR) is 61.0 cm³/mol. The summed E-state index contributed by atoms with van der Waals surface area (Å²) in [4.78, 5) is 11.2. The van der Waals surface area contributed by atoms with Crippen molar-refractivity contribution in [1.82, 2.24) is 5.32 Å². The molecular formula is C12H16N2O. The van der Waals surface area contributed by atoms with E-state index in [0.717, 1.165) is 11.1 Å². The molecule has 1 amide bonds. The quantitative estimate of drug-likeness (QED) is 0.727. The third kappa shape index (κ3) is 3.56. The van der Waals surface area contributed by atoms with Gasteiger partial charge in [0.25, 0.3) is 0 Å².